The maximum atomic E-state index is 14.9. The van der Waals surface area contributed by atoms with E-state index >= 15 is 0 Å². The van der Waals surface area contributed by atoms with Crippen molar-refractivity contribution in [2.75, 3.05) is 6.61 Å². The first-order valence-corrected chi connectivity index (χ1v) is 11.2. The summed E-state index contributed by atoms with van der Waals surface area (Å²) in [5.41, 5.74) is 0.586. The van der Waals surface area contributed by atoms with Gasteiger partial charge < -0.3 is 9.47 Å². The van der Waals surface area contributed by atoms with Crippen molar-refractivity contribution in [1.29, 1.82) is 0 Å². The lowest BCUT2D eigenvalue weighted by atomic mass is 9.65. The molecule has 0 saturated heterocycles. The van der Waals surface area contributed by atoms with Gasteiger partial charge in [-0.2, -0.15) is 0 Å². The summed E-state index contributed by atoms with van der Waals surface area (Å²) in [4.78, 5) is 0. The number of hydrogen-bond acceptors (Lipinski definition) is 2. The van der Waals surface area contributed by atoms with Crippen LogP contribution in [0.5, 0.6) is 5.75 Å². The standard InChI is InChI=1S/C25H27F5O2/c1-2-31-21-10-7-16-11-17(3-4-18(16)12-21)19-13-22(26)24(23(27)14-19)15-5-8-20(9-6-15)32-25(28,29)30/h5-6,8-9,13-14,16-18,21H,2-4,7,10-12H2,1H3. The summed E-state index contributed by atoms with van der Waals surface area (Å²) in [6.45, 7) is 2.74. The molecule has 32 heavy (non-hydrogen) atoms. The van der Waals surface area contributed by atoms with E-state index in [9.17, 15) is 22.0 Å². The fourth-order valence-corrected chi connectivity index (χ4v) is 5.46. The molecule has 4 rings (SSSR count). The number of ether oxygens (including phenoxy) is 2. The summed E-state index contributed by atoms with van der Waals surface area (Å²) in [7, 11) is 0. The molecule has 2 aromatic rings. The van der Waals surface area contributed by atoms with Gasteiger partial charge in [0.2, 0.25) is 0 Å². The molecule has 2 fully saturated rings. The molecule has 0 spiro atoms. The second-order valence-corrected chi connectivity index (χ2v) is 8.85. The van der Waals surface area contributed by atoms with Gasteiger partial charge in [-0.3, -0.25) is 0 Å². The lowest BCUT2D eigenvalue weighted by Crippen LogP contribution is -2.33. The average Bonchev–Trinajstić information content (AvgIpc) is 2.73. The highest BCUT2D eigenvalue weighted by Gasteiger charge is 2.36. The maximum Gasteiger partial charge on any atom is 0.573 e. The van der Waals surface area contributed by atoms with Gasteiger partial charge in [-0.15, -0.1) is 13.2 Å². The third-order valence-electron chi connectivity index (χ3n) is 6.88. The van der Waals surface area contributed by atoms with Crippen LogP contribution in [0.25, 0.3) is 11.1 Å². The Morgan fingerprint density at radius 1 is 0.875 bits per heavy atom. The van der Waals surface area contributed by atoms with E-state index in [1.807, 2.05) is 6.92 Å². The molecule has 4 atom stereocenters. The Hall–Kier alpha value is -2.15. The van der Waals surface area contributed by atoms with Crippen molar-refractivity contribution in [1.82, 2.24) is 0 Å². The molecule has 174 valence electrons. The van der Waals surface area contributed by atoms with Gasteiger partial charge >= 0.3 is 6.36 Å². The Bertz CT molecular complexity index is 902. The van der Waals surface area contributed by atoms with Crippen LogP contribution in [0.4, 0.5) is 22.0 Å². The van der Waals surface area contributed by atoms with Crippen molar-refractivity contribution in [3.63, 3.8) is 0 Å². The summed E-state index contributed by atoms with van der Waals surface area (Å²) in [5, 5.41) is 0. The van der Waals surface area contributed by atoms with E-state index in [-0.39, 0.29) is 17.0 Å². The third kappa shape index (κ3) is 5.25. The van der Waals surface area contributed by atoms with Crippen LogP contribution in [0.1, 0.15) is 56.9 Å². The smallest absolute Gasteiger partial charge is 0.406 e. The molecular weight excluding hydrogens is 427 g/mol. The minimum atomic E-state index is -4.82. The van der Waals surface area contributed by atoms with E-state index in [2.05, 4.69) is 4.74 Å². The number of halogens is 5. The Labute approximate surface area is 184 Å². The second kappa shape index (κ2) is 9.38. The first-order chi connectivity index (χ1) is 15.2. The Balaban J connectivity index is 1.48. The summed E-state index contributed by atoms with van der Waals surface area (Å²) in [6, 6.07) is 7.32. The van der Waals surface area contributed by atoms with Gasteiger partial charge in [-0.25, -0.2) is 8.78 Å². The molecule has 2 aromatic carbocycles. The molecule has 2 aliphatic rings. The van der Waals surface area contributed by atoms with Crippen LogP contribution in [-0.4, -0.2) is 19.1 Å². The molecular formula is C25H27F5O2. The fraction of sp³-hybridized carbons (Fsp3) is 0.520. The molecule has 0 amide bonds. The summed E-state index contributed by atoms with van der Waals surface area (Å²) in [5.74, 6) is -0.561. The van der Waals surface area contributed by atoms with Crippen LogP contribution in [0.3, 0.4) is 0 Å². The Morgan fingerprint density at radius 2 is 1.50 bits per heavy atom. The molecule has 0 heterocycles. The van der Waals surface area contributed by atoms with Crippen molar-refractivity contribution in [3.8, 4) is 16.9 Å². The van der Waals surface area contributed by atoms with Crippen LogP contribution in [0.15, 0.2) is 36.4 Å². The second-order valence-electron chi connectivity index (χ2n) is 8.85. The molecule has 0 aliphatic heterocycles. The zero-order chi connectivity index (χ0) is 22.9. The normalized spacial score (nSPS) is 25.9. The monoisotopic (exact) mass is 454 g/mol. The zero-order valence-corrected chi connectivity index (χ0v) is 17.9. The van der Waals surface area contributed by atoms with Crippen LogP contribution in [0.2, 0.25) is 0 Å². The quantitative estimate of drug-likeness (QED) is 0.433. The molecule has 0 bridgehead atoms. The zero-order valence-electron chi connectivity index (χ0n) is 17.9. The topological polar surface area (TPSA) is 18.5 Å². The molecule has 0 radical (unpaired) electrons. The first kappa shape index (κ1) is 23.0. The van der Waals surface area contributed by atoms with E-state index < -0.39 is 23.7 Å². The van der Waals surface area contributed by atoms with E-state index in [1.54, 1.807) is 0 Å². The maximum absolute atomic E-state index is 14.9. The first-order valence-electron chi connectivity index (χ1n) is 11.2. The minimum Gasteiger partial charge on any atom is -0.406 e. The molecule has 0 N–H and O–H groups in total. The predicted octanol–water partition coefficient (Wildman–Crippen LogP) is 7.62. The van der Waals surface area contributed by atoms with Gasteiger partial charge in [-0.1, -0.05) is 12.1 Å². The number of alkyl halides is 3. The fourth-order valence-electron chi connectivity index (χ4n) is 5.46. The van der Waals surface area contributed by atoms with Crippen molar-refractivity contribution in [2.24, 2.45) is 11.8 Å². The van der Waals surface area contributed by atoms with Crippen molar-refractivity contribution >= 4 is 0 Å². The highest BCUT2D eigenvalue weighted by atomic mass is 19.4. The van der Waals surface area contributed by atoms with Gasteiger partial charge in [0.25, 0.3) is 0 Å². The lowest BCUT2D eigenvalue weighted by molar-refractivity contribution is -0.274. The number of hydrogen-bond donors (Lipinski definition) is 0. The van der Waals surface area contributed by atoms with E-state index in [4.69, 9.17) is 4.74 Å². The van der Waals surface area contributed by atoms with Crippen LogP contribution >= 0.6 is 0 Å². The Morgan fingerprint density at radius 3 is 2.12 bits per heavy atom. The molecule has 7 heteroatoms. The van der Waals surface area contributed by atoms with E-state index in [1.165, 1.54) is 24.3 Å². The van der Waals surface area contributed by atoms with Crippen LogP contribution in [0, 0.1) is 23.5 Å². The largest absolute Gasteiger partial charge is 0.573 e. The number of benzene rings is 2. The van der Waals surface area contributed by atoms with Gasteiger partial charge in [0.1, 0.15) is 17.4 Å². The van der Waals surface area contributed by atoms with Crippen molar-refractivity contribution in [2.45, 2.75) is 63.8 Å². The van der Waals surface area contributed by atoms with Gasteiger partial charge in [-0.05, 0) is 98.6 Å². The van der Waals surface area contributed by atoms with Gasteiger partial charge in [0.05, 0.1) is 11.7 Å². The van der Waals surface area contributed by atoms with Crippen molar-refractivity contribution in [3.05, 3.63) is 53.6 Å². The lowest BCUT2D eigenvalue weighted by Gasteiger charge is -2.42. The summed E-state index contributed by atoms with van der Waals surface area (Å²) >= 11 is 0. The summed E-state index contributed by atoms with van der Waals surface area (Å²) < 4.78 is 76.4. The third-order valence-corrected chi connectivity index (χ3v) is 6.88. The predicted molar refractivity (Wildman–Crippen MR) is 111 cm³/mol. The Kier molecular flexibility index (Phi) is 6.75. The molecule has 2 aliphatic carbocycles. The highest BCUT2D eigenvalue weighted by molar-refractivity contribution is 5.66. The number of rotatable bonds is 5. The number of fused-ring (bicyclic) bond motifs is 1. The SMILES string of the molecule is CCOC1CCC2CC(c3cc(F)c(-c4ccc(OC(F)(F)F)cc4)c(F)c3)CCC2C1. The van der Waals surface area contributed by atoms with Crippen LogP contribution < -0.4 is 4.74 Å². The van der Waals surface area contributed by atoms with E-state index in [0.717, 1.165) is 57.3 Å². The highest BCUT2D eigenvalue weighted by Crippen LogP contribution is 2.47. The van der Waals surface area contributed by atoms with Crippen LogP contribution in [-0.2, 0) is 4.74 Å². The van der Waals surface area contributed by atoms with Crippen molar-refractivity contribution < 1.29 is 31.4 Å². The summed E-state index contributed by atoms with van der Waals surface area (Å²) in [6.07, 6.45) is 1.55. The molecule has 2 saturated carbocycles. The minimum absolute atomic E-state index is 0.112. The molecule has 2 nitrogen and oxygen atoms in total. The van der Waals surface area contributed by atoms with Gasteiger partial charge in [0.15, 0.2) is 0 Å². The molecule has 4 unspecified atom stereocenters. The van der Waals surface area contributed by atoms with Gasteiger partial charge in [0, 0.05) is 6.61 Å². The molecule has 0 aromatic heterocycles. The average molecular weight is 454 g/mol. The van der Waals surface area contributed by atoms with E-state index in [0.29, 0.717) is 23.5 Å².